The summed E-state index contributed by atoms with van der Waals surface area (Å²) in [6.45, 7) is 2.30. The van der Waals surface area contributed by atoms with Gasteiger partial charge in [0, 0.05) is 13.6 Å². The molecule has 1 saturated heterocycles. The summed E-state index contributed by atoms with van der Waals surface area (Å²) in [5.74, 6) is 1.41. The smallest absolute Gasteiger partial charge is 0.264 e. The van der Waals surface area contributed by atoms with Crippen molar-refractivity contribution in [3.05, 3.63) is 23.8 Å². The Morgan fingerprint density at radius 2 is 2.33 bits per heavy atom. The summed E-state index contributed by atoms with van der Waals surface area (Å²) in [6.07, 6.45) is 2.45. The summed E-state index contributed by atoms with van der Waals surface area (Å²) in [6, 6.07) is 6.21. The molecule has 0 radical (unpaired) electrons. The molecule has 0 spiro atoms. The van der Waals surface area contributed by atoms with Gasteiger partial charge in [0.25, 0.3) is 5.91 Å². The number of carbonyl (C=O) groups is 1. The van der Waals surface area contributed by atoms with E-state index in [2.05, 4.69) is 17.4 Å². The number of benzene rings is 1. The van der Waals surface area contributed by atoms with E-state index in [9.17, 15) is 4.79 Å². The third-order valence-electron chi connectivity index (χ3n) is 3.84. The largest absolute Gasteiger partial charge is 0.482 e. The third kappa shape index (κ3) is 1.97. The molecule has 1 aromatic carbocycles. The van der Waals surface area contributed by atoms with Crippen LogP contribution in [-0.4, -0.2) is 32.7 Å². The molecular formula is C14H18N2O2. The first kappa shape index (κ1) is 11.5. The molecule has 2 aliphatic rings. The molecule has 0 bridgehead atoms. The number of anilines is 1. The number of nitrogens with one attached hydrogen (secondary N) is 1. The Morgan fingerprint density at radius 1 is 1.44 bits per heavy atom. The summed E-state index contributed by atoms with van der Waals surface area (Å²) in [5, 5.41) is 3.42. The van der Waals surface area contributed by atoms with Crippen molar-refractivity contribution in [1.82, 2.24) is 5.32 Å². The van der Waals surface area contributed by atoms with E-state index in [0.717, 1.165) is 24.5 Å². The molecule has 1 amide bonds. The van der Waals surface area contributed by atoms with Crippen molar-refractivity contribution in [2.45, 2.75) is 18.8 Å². The molecule has 18 heavy (non-hydrogen) atoms. The maximum atomic E-state index is 11.5. The number of carbonyl (C=O) groups excluding carboxylic acids is 1. The number of nitrogens with zero attached hydrogens (tertiary/aromatic N) is 1. The maximum Gasteiger partial charge on any atom is 0.264 e. The van der Waals surface area contributed by atoms with Crippen molar-refractivity contribution < 1.29 is 9.53 Å². The number of piperidine rings is 1. The van der Waals surface area contributed by atoms with Crippen LogP contribution in [0.3, 0.4) is 0 Å². The van der Waals surface area contributed by atoms with E-state index in [0.29, 0.717) is 5.92 Å². The summed E-state index contributed by atoms with van der Waals surface area (Å²) >= 11 is 0. The average Bonchev–Trinajstić information content (AvgIpc) is 2.44. The minimum atomic E-state index is 0.00887. The normalized spacial score (nSPS) is 23.5. The lowest BCUT2D eigenvalue weighted by Gasteiger charge is -2.28. The Kier molecular flexibility index (Phi) is 2.96. The molecule has 1 aromatic rings. The van der Waals surface area contributed by atoms with Gasteiger partial charge in [0.2, 0.25) is 0 Å². The van der Waals surface area contributed by atoms with Gasteiger partial charge < -0.3 is 15.0 Å². The fourth-order valence-corrected chi connectivity index (χ4v) is 2.68. The van der Waals surface area contributed by atoms with Gasteiger partial charge in [-0.05, 0) is 43.0 Å². The molecule has 1 atom stereocenters. The Morgan fingerprint density at radius 3 is 3.11 bits per heavy atom. The summed E-state index contributed by atoms with van der Waals surface area (Å²) < 4.78 is 5.53. The lowest BCUT2D eigenvalue weighted by atomic mass is 9.91. The van der Waals surface area contributed by atoms with Crippen molar-refractivity contribution in [2.75, 3.05) is 31.6 Å². The fraction of sp³-hybridized carbons (Fsp3) is 0.500. The summed E-state index contributed by atoms with van der Waals surface area (Å²) in [4.78, 5) is 13.2. The Bertz CT molecular complexity index is 467. The zero-order chi connectivity index (χ0) is 12.5. The van der Waals surface area contributed by atoms with Crippen LogP contribution in [-0.2, 0) is 4.79 Å². The average molecular weight is 246 g/mol. The molecule has 1 N–H and O–H groups in total. The topological polar surface area (TPSA) is 41.6 Å². The Balaban J connectivity index is 1.89. The number of amides is 1. The van der Waals surface area contributed by atoms with Crippen LogP contribution in [0.5, 0.6) is 5.75 Å². The number of rotatable bonds is 1. The molecule has 3 rings (SSSR count). The van der Waals surface area contributed by atoms with Gasteiger partial charge in [0.15, 0.2) is 6.61 Å². The molecule has 4 heteroatoms. The fourth-order valence-electron chi connectivity index (χ4n) is 2.68. The van der Waals surface area contributed by atoms with Gasteiger partial charge in [-0.25, -0.2) is 0 Å². The predicted molar refractivity (Wildman–Crippen MR) is 70.2 cm³/mol. The van der Waals surface area contributed by atoms with Gasteiger partial charge in [0.05, 0.1) is 5.69 Å². The van der Waals surface area contributed by atoms with Gasteiger partial charge in [-0.1, -0.05) is 6.07 Å². The molecule has 0 saturated carbocycles. The van der Waals surface area contributed by atoms with Gasteiger partial charge in [-0.15, -0.1) is 0 Å². The van der Waals surface area contributed by atoms with E-state index >= 15 is 0 Å². The highest BCUT2D eigenvalue weighted by Crippen LogP contribution is 2.35. The zero-order valence-corrected chi connectivity index (χ0v) is 10.6. The van der Waals surface area contributed by atoms with Crippen LogP contribution in [0, 0.1) is 0 Å². The van der Waals surface area contributed by atoms with Crippen LogP contribution in [0.25, 0.3) is 0 Å². The quantitative estimate of drug-likeness (QED) is 0.816. The van der Waals surface area contributed by atoms with Gasteiger partial charge in [-0.2, -0.15) is 0 Å². The molecule has 2 aliphatic heterocycles. The van der Waals surface area contributed by atoms with Crippen LogP contribution in [0.4, 0.5) is 5.69 Å². The molecule has 2 heterocycles. The molecule has 1 unspecified atom stereocenters. The molecule has 96 valence electrons. The van der Waals surface area contributed by atoms with Crippen LogP contribution in [0.1, 0.15) is 24.3 Å². The van der Waals surface area contributed by atoms with Crippen molar-refractivity contribution in [3.8, 4) is 5.75 Å². The van der Waals surface area contributed by atoms with Crippen molar-refractivity contribution in [2.24, 2.45) is 0 Å². The van der Waals surface area contributed by atoms with E-state index in [-0.39, 0.29) is 12.5 Å². The molecule has 1 fully saturated rings. The summed E-state index contributed by atoms with van der Waals surface area (Å²) in [5.41, 5.74) is 2.18. The minimum Gasteiger partial charge on any atom is -0.482 e. The number of ether oxygens (including phenoxy) is 1. The van der Waals surface area contributed by atoms with Crippen LogP contribution < -0.4 is 15.0 Å². The van der Waals surface area contributed by atoms with E-state index in [1.165, 1.54) is 18.4 Å². The van der Waals surface area contributed by atoms with Gasteiger partial charge in [0.1, 0.15) is 5.75 Å². The van der Waals surface area contributed by atoms with E-state index in [1.54, 1.807) is 11.9 Å². The van der Waals surface area contributed by atoms with Gasteiger partial charge >= 0.3 is 0 Å². The summed E-state index contributed by atoms with van der Waals surface area (Å²) in [7, 11) is 1.80. The number of fused-ring (bicyclic) bond motifs is 1. The van der Waals surface area contributed by atoms with Crippen LogP contribution in [0.2, 0.25) is 0 Å². The standard InChI is InChI=1S/C14H18N2O2/c1-16-12-5-4-10(11-3-2-6-15-8-11)7-13(12)18-9-14(16)17/h4-5,7,11,15H,2-3,6,8-9H2,1H3. The highest BCUT2D eigenvalue weighted by molar-refractivity contribution is 5.97. The molecule has 0 aromatic heterocycles. The molecule has 0 aliphatic carbocycles. The highest BCUT2D eigenvalue weighted by atomic mass is 16.5. The monoisotopic (exact) mass is 246 g/mol. The first-order valence-electron chi connectivity index (χ1n) is 6.50. The zero-order valence-electron chi connectivity index (χ0n) is 10.6. The Labute approximate surface area is 107 Å². The maximum absolute atomic E-state index is 11.5. The second-order valence-corrected chi connectivity index (χ2v) is 5.01. The SMILES string of the molecule is CN1C(=O)COc2cc(C3CCCNC3)ccc21. The Hall–Kier alpha value is -1.55. The van der Waals surface area contributed by atoms with Gasteiger partial charge in [-0.3, -0.25) is 4.79 Å². The number of likely N-dealkylation sites (N-methyl/N-ethyl adjacent to an activating group) is 1. The lowest BCUT2D eigenvalue weighted by Crippen LogP contribution is -2.35. The number of hydrogen-bond donors (Lipinski definition) is 1. The highest BCUT2D eigenvalue weighted by Gasteiger charge is 2.24. The van der Waals surface area contributed by atoms with E-state index in [1.807, 2.05) is 6.07 Å². The first-order chi connectivity index (χ1) is 8.75. The predicted octanol–water partition coefficient (Wildman–Crippen LogP) is 1.51. The van der Waals surface area contributed by atoms with E-state index in [4.69, 9.17) is 4.74 Å². The van der Waals surface area contributed by atoms with Crippen LogP contribution in [0.15, 0.2) is 18.2 Å². The van der Waals surface area contributed by atoms with Crippen molar-refractivity contribution in [3.63, 3.8) is 0 Å². The molecule has 4 nitrogen and oxygen atoms in total. The van der Waals surface area contributed by atoms with Crippen molar-refractivity contribution >= 4 is 11.6 Å². The van der Waals surface area contributed by atoms with Crippen LogP contribution >= 0.6 is 0 Å². The van der Waals surface area contributed by atoms with E-state index < -0.39 is 0 Å². The second kappa shape index (κ2) is 4.61. The first-order valence-corrected chi connectivity index (χ1v) is 6.50. The number of hydrogen-bond acceptors (Lipinski definition) is 3. The minimum absolute atomic E-state index is 0.00887. The lowest BCUT2D eigenvalue weighted by molar-refractivity contribution is -0.120. The third-order valence-corrected chi connectivity index (χ3v) is 3.84. The van der Waals surface area contributed by atoms with Crippen molar-refractivity contribution in [1.29, 1.82) is 0 Å². The second-order valence-electron chi connectivity index (χ2n) is 5.01. The molecular weight excluding hydrogens is 228 g/mol.